The summed E-state index contributed by atoms with van der Waals surface area (Å²) in [4.78, 5) is 0. The molecule has 0 bridgehead atoms. The lowest BCUT2D eigenvalue weighted by Crippen LogP contribution is -2.18. The molecule has 0 saturated carbocycles. The first-order valence-electron chi connectivity index (χ1n) is 4.94. The molecule has 1 aromatic rings. The third-order valence-electron chi connectivity index (χ3n) is 2.22. The molecule has 0 aliphatic carbocycles. The minimum atomic E-state index is 0.250. The summed E-state index contributed by atoms with van der Waals surface area (Å²) in [5, 5.41) is 0. The Labute approximate surface area is 81.0 Å². The van der Waals surface area contributed by atoms with E-state index in [4.69, 9.17) is 5.73 Å². The molecule has 0 saturated heterocycles. The van der Waals surface area contributed by atoms with Crippen LogP contribution in [-0.4, -0.2) is 6.04 Å². The summed E-state index contributed by atoms with van der Waals surface area (Å²) in [5.74, 6) is 0.593. The van der Waals surface area contributed by atoms with Crippen LogP contribution in [0.25, 0.3) is 0 Å². The largest absolute Gasteiger partial charge is 0.328 e. The lowest BCUT2D eigenvalue weighted by molar-refractivity contribution is 0.721. The average molecular weight is 177 g/mol. The predicted molar refractivity (Wildman–Crippen MR) is 57.9 cm³/mol. The molecule has 0 fully saturated rings. The SMILES string of the molecule is CC(C)c1ccccc1C[C@H](C)N. The molecule has 0 aliphatic rings. The Kier molecular flexibility index (Phi) is 3.49. The van der Waals surface area contributed by atoms with E-state index in [9.17, 15) is 0 Å². The van der Waals surface area contributed by atoms with Gasteiger partial charge in [0.2, 0.25) is 0 Å². The van der Waals surface area contributed by atoms with Gasteiger partial charge in [-0.05, 0) is 30.4 Å². The Morgan fingerprint density at radius 3 is 2.31 bits per heavy atom. The monoisotopic (exact) mass is 177 g/mol. The summed E-state index contributed by atoms with van der Waals surface area (Å²) in [6, 6.07) is 8.81. The lowest BCUT2D eigenvalue weighted by atomic mass is 9.94. The van der Waals surface area contributed by atoms with Gasteiger partial charge in [-0.3, -0.25) is 0 Å². The molecule has 1 heteroatoms. The minimum absolute atomic E-state index is 0.250. The van der Waals surface area contributed by atoms with Gasteiger partial charge >= 0.3 is 0 Å². The van der Waals surface area contributed by atoms with Crippen molar-refractivity contribution in [1.82, 2.24) is 0 Å². The first-order chi connectivity index (χ1) is 6.11. The van der Waals surface area contributed by atoms with Gasteiger partial charge in [-0.2, -0.15) is 0 Å². The highest BCUT2D eigenvalue weighted by Crippen LogP contribution is 2.19. The lowest BCUT2D eigenvalue weighted by Gasteiger charge is -2.13. The maximum absolute atomic E-state index is 5.79. The van der Waals surface area contributed by atoms with Gasteiger partial charge in [0.05, 0.1) is 0 Å². The maximum Gasteiger partial charge on any atom is 0.00510 e. The van der Waals surface area contributed by atoms with E-state index in [1.165, 1.54) is 11.1 Å². The van der Waals surface area contributed by atoms with Crippen molar-refractivity contribution >= 4 is 0 Å². The molecule has 0 heterocycles. The van der Waals surface area contributed by atoms with Gasteiger partial charge in [0, 0.05) is 6.04 Å². The Morgan fingerprint density at radius 1 is 1.15 bits per heavy atom. The zero-order chi connectivity index (χ0) is 9.84. The van der Waals surface area contributed by atoms with Crippen LogP contribution in [0.3, 0.4) is 0 Å². The molecule has 72 valence electrons. The second-order valence-electron chi connectivity index (χ2n) is 4.03. The fourth-order valence-electron chi connectivity index (χ4n) is 1.63. The second kappa shape index (κ2) is 4.43. The first-order valence-corrected chi connectivity index (χ1v) is 4.94. The second-order valence-corrected chi connectivity index (χ2v) is 4.03. The van der Waals surface area contributed by atoms with Crippen molar-refractivity contribution in [1.29, 1.82) is 0 Å². The van der Waals surface area contributed by atoms with E-state index in [0.717, 1.165) is 6.42 Å². The van der Waals surface area contributed by atoms with Gasteiger partial charge in [0.1, 0.15) is 0 Å². The summed E-state index contributed by atoms with van der Waals surface area (Å²) in [6.45, 7) is 6.50. The smallest absolute Gasteiger partial charge is 0.00510 e. The molecule has 1 aromatic carbocycles. The predicted octanol–water partition coefficient (Wildman–Crippen LogP) is 2.70. The Bertz CT molecular complexity index is 264. The molecule has 13 heavy (non-hydrogen) atoms. The molecule has 0 amide bonds. The van der Waals surface area contributed by atoms with Crippen LogP contribution in [0.1, 0.15) is 37.8 Å². The van der Waals surface area contributed by atoms with Crippen LogP contribution in [0.4, 0.5) is 0 Å². The molecule has 1 nitrogen and oxygen atoms in total. The molecule has 1 rings (SSSR count). The number of hydrogen-bond donors (Lipinski definition) is 1. The van der Waals surface area contributed by atoms with E-state index < -0.39 is 0 Å². The van der Waals surface area contributed by atoms with Crippen molar-refractivity contribution in [3.63, 3.8) is 0 Å². The third kappa shape index (κ3) is 2.85. The third-order valence-corrected chi connectivity index (χ3v) is 2.22. The van der Waals surface area contributed by atoms with Crippen LogP contribution >= 0.6 is 0 Å². The standard InChI is InChI=1S/C12H19N/c1-9(2)12-7-5-4-6-11(12)8-10(3)13/h4-7,9-10H,8,13H2,1-3H3/t10-/m0/s1. The van der Waals surface area contributed by atoms with Crippen molar-refractivity contribution in [3.8, 4) is 0 Å². The normalized spacial score (nSPS) is 13.3. The fraction of sp³-hybridized carbons (Fsp3) is 0.500. The van der Waals surface area contributed by atoms with E-state index in [-0.39, 0.29) is 6.04 Å². The van der Waals surface area contributed by atoms with Gasteiger partial charge in [0.15, 0.2) is 0 Å². The zero-order valence-corrected chi connectivity index (χ0v) is 8.75. The Morgan fingerprint density at radius 2 is 1.77 bits per heavy atom. The number of benzene rings is 1. The highest BCUT2D eigenvalue weighted by Gasteiger charge is 2.06. The summed E-state index contributed by atoms with van der Waals surface area (Å²) < 4.78 is 0. The van der Waals surface area contributed by atoms with E-state index >= 15 is 0 Å². The van der Waals surface area contributed by atoms with Gasteiger partial charge in [-0.1, -0.05) is 38.1 Å². The summed E-state index contributed by atoms with van der Waals surface area (Å²) in [6.07, 6.45) is 0.981. The molecular formula is C12H19N. The summed E-state index contributed by atoms with van der Waals surface area (Å²) in [7, 11) is 0. The Hall–Kier alpha value is -0.820. The molecule has 0 spiro atoms. The van der Waals surface area contributed by atoms with E-state index in [0.29, 0.717) is 5.92 Å². The van der Waals surface area contributed by atoms with Gasteiger partial charge < -0.3 is 5.73 Å². The molecule has 0 aliphatic heterocycles. The number of hydrogen-bond acceptors (Lipinski definition) is 1. The molecule has 2 N–H and O–H groups in total. The number of nitrogens with two attached hydrogens (primary N) is 1. The fourth-order valence-corrected chi connectivity index (χ4v) is 1.63. The van der Waals surface area contributed by atoms with Crippen LogP contribution in [0, 0.1) is 0 Å². The zero-order valence-electron chi connectivity index (χ0n) is 8.75. The number of rotatable bonds is 3. The van der Waals surface area contributed by atoms with Crippen molar-refractivity contribution in [2.45, 2.75) is 39.2 Å². The summed E-state index contributed by atoms with van der Waals surface area (Å²) >= 11 is 0. The van der Waals surface area contributed by atoms with Crippen LogP contribution in [0.2, 0.25) is 0 Å². The van der Waals surface area contributed by atoms with Crippen LogP contribution < -0.4 is 5.73 Å². The Balaban J connectivity index is 2.91. The van der Waals surface area contributed by atoms with Crippen LogP contribution in [0.5, 0.6) is 0 Å². The van der Waals surface area contributed by atoms with Crippen molar-refractivity contribution in [2.75, 3.05) is 0 Å². The van der Waals surface area contributed by atoms with Crippen LogP contribution in [-0.2, 0) is 6.42 Å². The molecule has 0 aromatic heterocycles. The van der Waals surface area contributed by atoms with Crippen molar-refractivity contribution in [3.05, 3.63) is 35.4 Å². The quantitative estimate of drug-likeness (QED) is 0.754. The topological polar surface area (TPSA) is 26.0 Å². The molecule has 0 radical (unpaired) electrons. The maximum atomic E-state index is 5.79. The highest BCUT2D eigenvalue weighted by molar-refractivity contribution is 5.30. The molecule has 0 unspecified atom stereocenters. The average Bonchev–Trinajstić information content (AvgIpc) is 2.03. The molecule has 1 atom stereocenters. The van der Waals surface area contributed by atoms with Crippen LogP contribution in [0.15, 0.2) is 24.3 Å². The van der Waals surface area contributed by atoms with Crippen molar-refractivity contribution in [2.24, 2.45) is 5.73 Å². The first kappa shape index (κ1) is 10.3. The van der Waals surface area contributed by atoms with Gasteiger partial charge in [0.25, 0.3) is 0 Å². The minimum Gasteiger partial charge on any atom is -0.328 e. The summed E-state index contributed by atoms with van der Waals surface area (Å²) in [5.41, 5.74) is 8.62. The highest BCUT2D eigenvalue weighted by atomic mass is 14.6. The molecular weight excluding hydrogens is 158 g/mol. The van der Waals surface area contributed by atoms with E-state index in [2.05, 4.69) is 45.0 Å². The van der Waals surface area contributed by atoms with Crippen molar-refractivity contribution < 1.29 is 0 Å². The van der Waals surface area contributed by atoms with Gasteiger partial charge in [-0.15, -0.1) is 0 Å². The van der Waals surface area contributed by atoms with E-state index in [1.807, 2.05) is 0 Å². The van der Waals surface area contributed by atoms with Gasteiger partial charge in [-0.25, -0.2) is 0 Å². The van der Waals surface area contributed by atoms with E-state index in [1.54, 1.807) is 0 Å².